The number of likely N-dealkylation sites (tertiary alicyclic amines) is 1. The summed E-state index contributed by atoms with van der Waals surface area (Å²) in [4.78, 5) is 14.7. The molecule has 0 bridgehead atoms. The number of piperidine rings is 1. The molecule has 1 fully saturated rings. The maximum Gasteiger partial charge on any atom is 0.246 e. The van der Waals surface area contributed by atoms with Crippen LogP contribution in [0.3, 0.4) is 0 Å². The number of carbonyl (C=O) groups excluding carboxylic acids is 1. The first-order valence-corrected chi connectivity index (χ1v) is 7.27. The number of amides is 1. The molecule has 1 unspecified atom stereocenters. The van der Waals surface area contributed by atoms with Crippen molar-refractivity contribution in [2.24, 2.45) is 11.7 Å². The van der Waals surface area contributed by atoms with Crippen LogP contribution >= 0.6 is 11.3 Å². The topological polar surface area (TPSA) is 66.6 Å². The van der Waals surface area contributed by atoms with Crippen molar-refractivity contribution in [3.63, 3.8) is 0 Å². The fourth-order valence-electron chi connectivity index (χ4n) is 2.45. The summed E-state index contributed by atoms with van der Waals surface area (Å²) in [6.45, 7) is 2.95. The molecule has 18 heavy (non-hydrogen) atoms. The molecule has 2 rings (SSSR count). The smallest absolute Gasteiger partial charge is 0.246 e. The van der Waals surface area contributed by atoms with Crippen molar-refractivity contribution in [3.05, 3.63) is 22.4 Å². The Morgan fingerprint density at radius 2 is 2.28 bits per heavy atom. The van der Waals surface area contributed by atoms with Gasteiger partial charge in [0.25, 0.3) is 0 Å². The Bertz CT molecular complexity index is 372. The van der Waals surface area contributed by atoms with Crippen LogP contribution in [0.15, 0.2) is 17.5 Å². The Kier molecular flexibility index (Phi) is 4.74. The maximum absolute atomic E-state index is 10.9. The highest BCUT2D eigenvalue weighted by atomic mass is 32.1. The Morgan fingerprint density at radius 3 is 2.83 bits per heavy atom. The minimum absolute atomic E-state index is 0.0421. The van der Waals surface area contributed by atoms with Gasteiger partial charge in [0, 0.05) is 11.4 Å². The molecule has 1 saturated heterocycles. The largest absolute Gasteiger partial charge is 0.383 e. The Labute approximate surface area is 111 Å². The molecular weight excluding hydrogens is 248 g/mol. The SMILES string of the molecule is NC(=O)C(O)C1CCN(CCc2cccs2)CC1. The fourth-order valence-corrected chi connectivity index (χ4v) is 3.15. The average Bonchev–Trinajstić information content (AvgIpc) is 2.89. The van der Waals surface area contributed by atoms with Crippen LogP contribution < -0.4 is 5.73 Å². The normalized spacial score (nSPS) is 19.8. The van der Waals surface area contributed by atoms with Crippen LogP contribution in [0.4, 0.5) is 0 Å². The van der Waals surface area contributed by atoms with Crippen molar-refractivity contribution < 1.29 is 9.90 Å². The van der Waals surface area contributed by atoms with E-state index in [1.807, 2.05) is 0 Å². The molecule has 2 heterocycles. The predicted molar refractivity (Wildman–Crippen MR) is 72.4 cm³/mol. The standard InChI is InChI=1S/C13H20N2O2S/c14-13(17)12(16)10-3-6-15(7-4-10)8-5-11-2-1-9-18-11/h1-2,9-10,12,16H,3-8H2,(H2,14,17). The first kappa shape index (κ1) is 13.5. The van der Waals surface area contributed by atoms with Gasteiger partial charge in [0.1, 0.15) is 6.10 Å². The monoisotopic (exact) mass is 268 g/mol. The van der Waals surface area contributed by atoms with E-state index >= 15 is 0 Å². The number of thiophene rings is 1. The lowest BCUT2D eigenvalue weighted by Gasteiger charge is -2.33. The first-order chi connectivity index (χ1) is 8.66. The molecule has 0 aromatic carbocycles. The van der Waals surface area contributed by atoms with Gasteiger partial charge in [0.15, 0.2) is 0 Å². The van der Waals surface area contributed by atoms with E-state index in [0.29, 0.717) is 0 Å². The second-order valence-corrected chi connectivity index (χ2v) is 5.89. The van der Waals surface area contributed by atoms with Crippen LogP contribution in [0.5, 0.6) is 0 Å². The minimum atomic E-state index is -0.968. The second-order valence-electron chi connectivity index (χ2n) is 4.86. The van der Waals surface area contributed by atoms with E-state index < -0.39 is 12.0 Å². The zero-order valence-electron chi connectivity index (χ0n) is 10.4. The number of aliphatic hydroxyl groups is 1. The van der Waals surface area contributed by atoms with Gasteiger partial charge in [-0.05, 0) is 49.7 Å². The quantitative estimate of drug-likeness (QED) is 0.832. The zero-order valence-corrected chi connectivity index (χ0v) is 11.2. The number of rotatable bonds is 5. The van der Waals surface area contributed by atoms with Crippen molar-refractivity contribution >= 4 is 17.2 Å². The minimum Gasteiger partial charge on any atom is -0.383 e. The summed E-state index contributed by atoms with van der Waals surface area (Å²) in [6.07, 6.45) is 1.83. The van der Waals surface area contributed by atoms with Gasteiger partial charge in [-0.15, -0.1) is 11.3 Å². The van der Waals surface area contributed by atoms with Gasteiger partial charge in [-0.25, -0.2) is 0 Å². The number of nitrogens with zero attached hydrogens (tertiary/aromatic N) is 1. The van der Waals surface area contributed by atoms with Crippen molar-refractivity contribution in [3.8, 4) is 0 Å². The fraction of sp³-hybridized carbons (Fsp3) is 0.615. The third-order valence-corrected chi connectivity index (χ3v) is 4.56. The van der Waals surface area contributed by atoms with Gasteiger partial charge >= 0.3 is 0 Å². The molecule has 4 nitrogen and oxygen atoms in total. The molecule has 1 aliphatic heterocycles. The van der Waals surface area contributed by atoms with E-state index in [0.717, 1.165) is 38.9 Å². The summed E-state index contributed by atoms with van der Waals surface area (Å²) in [6, 6.07) is 4.24. The summed E-state index contributed by atoms with van der Waals surface area (Å²) in [7, 11) is 0. The second kappa shape index (κ2) is 6.31. The van der Waals surface area contributed by atoms with Gasteiger partial charge in [-0.2, -0.15) is 0 Å². The molecule has 1 aromatic rings. The van der Waals surface area contributed by atoms with E-state index in [1.54, 1.807) is 11.3 Å². The molecule has 5 heteroatoms. The molecule has 1 amide bonds. The van der Waals surface area contributed by atoms with Crippen molar-refractivity contribution in [1.82, 2.24) is 4.90 Å². The van der Waals surface area contributed by atoms with Gasteiger partial charge in [0.2, 0.25) is 5.91 Å². The lowest BCUT2D eigenvalue weighted by atomic mass is 9.91. The summed E-state index contributed by atoms with van der Waals surface area (Å²) in [5.41, 5.74) is 5.12. The van der Waals surface area contributed by atoms with E-state index in [2.05, 4.69) is 22.4 Å². The van der Waals surface area contributed by atoms with E-state index in [1.165, 1.54) is 4.88 Å². The molecule has 1 aromatic heterocycles. The number of nitrogens with two attached hydrogens (primary N) is 1. The van der Waals surface area contributed by atoms with Crippen LogP contribution in [0.1, 0.15) is 17.7 Å². The van der Waals surface area contributed by atoms with Crippen LogP contribution in [0.2, 0.25) is 0 Å². The summed E-state index contributed by atoms with van der Waals surface area (Å²) < 4.78 is 0. The number of hydrogen-bond acceptors (Lipinski definition) is 4. The molecule has 0 saturated carbocycles. The third-order valence-electron chi connectivity index (χ3n) is 3.62. The highest BCUT2D eigenvalue weighted by Gasteiger charge is 2.28. The highest BCUT2D eigenvalue weighted by Crippen LogP contribution is 2.21. The molecule has 0 aliphatic carbocycles. The highest BCUT2D eigenvalue weighted by molar-refractivity contribution is 7.09. The zero-order chi connectivity index (χ0) is 13.0. The van der Waals surface area contributed by atoms with Crippen molar-refractivity contribution in [1.29, 1.82) is 0 Å². The van der Waals surface area contributed by atoms with E-state index in [-0.39, 0.29) is 5.92 Å². The van der Waals surface area contributed by atoms with Crippen LogP contribution in [0, 0.1) is 5.92 Å². The Morgan fingerprint density at radius 1 is 1.56 bits per heavy atom. The van der Waals surface area contributed by atoms with Crippen LogP contribution in [-0.2, 0) is 11.2 Å². The number of primary amides is 1. The molecule has 1 aliphatic rings. The summed E-state index contributed by atoms with van der Waals surface area (Å²) in [5, 5.41) is 11.7. The number of aliphatic hydroxyl groups excluding tert-OH is 1. The molecule has 3 N–H and O–H groups in total. The van der Waals surface area contributed by atoms with Crippen molar-refractivity contribution in [2.45, 2.75) is 25.4 Å². The summed E-state index contributed by atoms with van der Waals surface area (Å²) >= 11 is 1.79. The molecular formula is C13H20N2O2S. The van der Waals surface area contributed by atoms with E-state index in [9.17, 15) is 9.90 Å². The van der Waals surface area contributed by atoms with Crippen molar-refractivity contribution in [2.75, 3.05) is 19.6 Å². The number of carbonyl (C=O) groups is 1. The first-order valence-electron chi connectivity index (χ1n) is 6.39. The average molecular weight is 268 g/mol. The molecule has 1 atom stereocenters. The predicted octanol–water partition coefficient (Wildman–Crippen LogP) is 0.849. The maximum atomic E-state index is 10.9. The van der Waals surface area contributed by atoms with Gasteiger partial charge in [-0.1, -0.05) is 6.07 Å². The Balaban J connectivity index is 1.72. The van der Waals surface area contributed by atoms with E-state index in [4.69, 9.17) is 5.73 Å². The lowest BCUT2D eigenvalue weighted by Crippen LogP contribution is -2.43. The van der Waals surface area contributed by atoms with Gasteiger partial charge < -0.3 is 15.7 Å². The van der Waals surface area contributed by atoms with Crippen LogP contribution in [0.25, 0.3) is 0 Å². The Hall–Kier alpha value is -0.910. The van der Waals surface area contributed by atoms with Gasteiger partial charge in [0.05, 0.1) is 0 Å². The van der Waals surface area contributed by atoms with Crippen LogP contribution in [-0.4, -0.2) is 41.7 Å². The molecule has 0 spiro atoms. The molecule has 100 valence electrons. The molecule has 0 radical (unpaired) electrons. The summed E-state index contributed by atoms with van der Waals surface area (Å²) in [5.74, 6) is -0.549. The lowest BCUT2D eigenvalue weighted by molar-refractivity contribution is -0.129. The van der Waals surface area contributed by atoms with Gasteiger partial charge in [-0.3, -0.25) is 4.79 Å². The third kappa shape index (κ3) is 3.54. The number of hydrogen-bond donors (Lipinski definition) is 2.